The molecule has 1 heterocycles. The van der Waals surface area contributed by atoms with E-state index < -0.39 is 5.41 Å². The number of anilines is 1. The summed E-state index contributed by atoms with van der Waals surface area (Å²) < 4.78 is 0. The minimum absolute atomic E-state index is 0.113. The lowest BCUT2D eigenvalue weighted by molar-refractivity contribution is -0.121. The van der Waals surface area contributed by atoms with Crippen LogP contribution in [0.15, 0.2) is 67.3 Å². The fraction of sp³-hybridized carbons (Fsp3) is 0.158. The summed E-state index contributed by atoms with van der Waals surface area (Å²) in [7, 11) is 0. The maximum atomic E-state index is 12.8. The zero-order valence-electron chi connectivity index (χ0n) is 12.1. The Morgan fingerprint density at radius 1 is 1.18 bits per heavy atom. The first-order valence-electron chi connectivity index (χ1n) is 7.19. The van der Waals surface area contributed by atoms with Crippen molar-refractivity contribution in [2.24, 2.45) is 0 Å². The Kier molecular flexibility index (Phi) is 3.52. The molecule has 0 spiro atoms. The third kappa shape index (κ3) is 1.93. The van der Waals surface area contributed by atoms with Gasteiger partial charge in [-0.1, -0.05) is 54.6 Å². The number of nitrogens with zero attached hydrogens (tertiary/aromatic N) is 1. The Hall–Kier alpha value is -2.86. The molecule has 108 valence electrons. The van der Waals surface area contributed by atoms with Crippen molar-refractivity contribution >= 4 is 11.6 Å². The van der Waals surface area contributed by atoms with E-state index in [1.54, 1.807) is 6.08 Å². The number of para-hydroxylation sites is 1. The van der Waals surface area contributed by atoms with Gasteiger partial charge in [-0.25, -0.2) is 0 Å². The molecule has 0 saturated carbocycles. The monoisotopic (exact) mass is 288 g/mol. The molecule has 0 fully saturated rings. The molecule has 3 nitrogen and oxygen atoms in total. The highest BCUT2D eigenvalue weighted by atomic mass is 16.2. The fourth-order valence-corrected chi connectivity index (χ4v) is 3.34. The van der Waals surface area contributed by atoms with Crippen LogP contribution in [0.4, 0.5) is 5.69 Å². The SMILES string of the molecule is C=C[C@@H](c1ccccc1)[C@@]1(CC#N)C(=O)Nc2ccccc21. The summed E-state index contributed by atoms with van der Waals surface area (Å²) in [5.74, 6) is -0.388. The van der Waals surface area contributed by atoms with E-state index in [0.717, 1.165) is 16.8 Å². The van der Waals surface area contributed by atoms with Crippen LogP contribution in [0.25, 0.3) is 0 Å². The minimum Gasteiger partial charge on any atom is -0.325 e. The van der Waals surface area contributed by atoms with E-state index in [0.29, 0.717) is 0 Å². The number of hydrogen-bond acceptors (Lipinski definition) is 2. The van der Waals surface area contributed by atoms with E-state index >= 15 is 0 Å². The van der Waals surface area contributed by atoms with Crippen molar-refractivity contribution in [3.8, 4) is 6.07 Å². The second-order valence-corrected chi connectivity index (χ2v) is 5.43. The summed E-state index contributed by atoms with van der Waals surface area (Å²) in [6.45, 7) is 3.93. The molecule has 0 aromatic heterocycles. The number of allylic oxidation sites excluding steroid dienone is 1. The molecule has 3 heteroatoms. The van der Waals surface area contributed by atoms with Crippen molar-refractivity contribution in [2.75, 3.05) is 5.32 Å². The lowest BCUT2D eigenvalue weighted by Gasteiger charge is -2.32. The molecule has 0 aliphatic carbocycles. The number of amides is 1. The van der Waals surface area contributed by atoms with Crippen LogP contribution in [-0.4, -0.2) is 5.91 Å². The van der Waals surface area contributed by atoms with Gasteiger partial charge in [-0.15, -0.1) is 6.58 Å². The largest absolute Gasteiger partial charge is 0.325 e. The van der Waals surface area contributed by atoms with Crippen LogP contribution in [-0.2, 0) is 10.2 Å². The van der Waals surface area contributed by atoms with E-state index in [1.165, 1.54) is 0 Å². The molecule has 3 rings (SSSR count). The van der Waals surface area contributed by atoms with Gasteiger partial charge in [-0.3, -0.25) is 4.79 Å². The van der Waals surface area contributed by atoms with Crippen molar-refractivity contribution in [3.05, 3.63) is 78.4 Å². The van der Waals surface area contributed by atoms with Crippen LogP contribution < -0.4 is 5.32 Å². The molecule has 2 aromatic carbocycles. The number of benzene rings is 2. The second-order valence-electron chi connectivity index (χ2n) is 5.43. The van der Waals surface area contributed by atoms with E-state index in [-0.39, 0.29) is 18.2 Å². The zero-order chi connectivity index (χ0) is 15.6. The van der Waals surface area contributed by atoms with Gasteiger partial charge in [0, 0.05) is 11.6 Å². The summed E-state index contributed by atoms with van der Waals surface area (Å²) in [4.78, 5) is 12.8. The Labute approximate surface area is 129 Å². The van der Waals surface area contributed by atoms with E-state index in [2.05, 4.69) is 18.0 Å². The maximum absolute atomic E-state index is 12.8. The molecule has 22 heavy (non-hydrogen) atoms. The highest BCUT2D eigenvalue weighted by Crippen LogP contribution is 2.49. The summed E-state index contributed by atoms with van der Waals surface area (Å²) in [6.07, 6.45) is 1.88. The first kappa shape index (κ1) is 14.1. The summed E-state index contributed by atoms with van der Waals surface area (Å²) in [6, 6.07) is 19.5. The Morgan fingerprint density at radius 2 is 1.86 bits per heavy atom. The molecule has 1 aliphatic rings. The normalized spacial score (nSPS) is 20.6. The van der Waals surface area contributed by atoms with Crippen LogP contribution in [0.2, 0.25) is 0 Å². The fourth-order valence-electron chi connectivity index (χ4n) is 3.34. The number of hydrogen-bond donors (Lipinski definition) is 1. The zero-order valence-corrected chi connectivity index (χ0v) is 12.1. The number of nitriles is 1. The molecule has 0 saturated heterocycles. The Morgan fingerprint density at radius 3 is 2.55 bits per heavy atom. The lowest BCUT2D eigenvalue weighted by Crippen LogP contribution is -2.39. The third-order valence-electron chi connectivity index (χ3n) is 4.34. The number of fused-ring (bicyclic) bond motifs is 1. The van der Waals surface area contributed by atoms with Gasteiger partial charge in [0.1, 0.15) is 0 Å². The van der Waals surface area contributed by atoms with Gasteiger partial charge >= 0.3 is 0 Å². The number of carbonyl (C=O) groups is 1. The third-order valence-corrected chi connectivity index (χ3v) is 4.34. The molecule has 2 atom stereocenters. The molecular weight excluding hydrogens is 272 g/mol. The average Bonchev–Trinajstić information content (AvgIpc) is 2.83. The molecule has 0 bridgehead atoms. The van der Waals surface area contributed by atoms with Gasteiger partial charge in [-0.2, -0.15) is 5.26 Å². The van der Waals surface area contributed by atoms with Gasteiger partial charge in [0.25, 0.3) is 0 Å². The van der Waals surface area contributed by atoms with Crippen molar-refractivity contribution in [3.63, 3.8) is 0 Å². The van der Waals surface area contributed by atoms with Crippen molar-refractivity contribution in [2.45, 2.75) is 17.8 Å². The van der Waals surface area contributed by atoms with E-state index in [4.69, 9.17) is 0 Å². The predicted octanol–water partition coefficient (Wildman–Crippen LogP) is 3.76. The summed E-state index contributed by atoms with van der Waals surface area (Å²) >= 11 is 0. The first-order valence-corrected chi connectivity index (χ1v) is 7.19. The Bertz CT molecular complexity index is 761. The van der Waals surface area contributed by atoms with Gasteiger partial charge in [0.2, 0.25) is 5.91 Å². The number of carbonyl (C=O) groups excluding carboxylic acids is 1. The standard InChI is InChI=1S/C19H16N2O/c1-2-15(14-8-4-3-5-9-14)19(12-13-20)16-10-6-7-11-17(16)21-18(19)22/h2-11,15H,1,12H2,(H,21,22)/t15-,19+/m0/s1. The quantitative estimate of drug-likeness (QED) is 0.871. The molecule has 1 aliphatic heterocycles. The average molecular weight is 288 g/mol. The second kappa shape index (κ2) is 5.50. The molecule has 0 radical (unpaired) electrons. The number of nitrogens with one attached hydrogen (secondary N) is 1. The smallest absolute Gasteiger partial charge is 0.237 e. The minimum atomic E-state index is -0.922. The maximum Gasteiger partial charge on any atom is 0.237 e. The van der Waals surface area contributed by atoms with Crippen LogP contribution in [0.3, 0.4) is 0 Å². The molecule has 0 unspecified atom stereocenters. The summed E-state index contributed by atoms with van der Waals surface area (Å²) in [5.41, 5.74) is 1.72. The van der Waals surface area contributed by atoms with Crippen LogP contribution >= 0.6 is 0 Å². The topological polar surface area (TPSA) is 52.9 Å². The van der Waals surface area contributed by atoms with Crippen molar-refractivity contribution in [1.82, 2.24) is 0 Å². The van der Waals surface area contributed by atoms with Crippen LogP contribution in [0.5, 0.6) is 0 Å². The van der Waals surface area contributed by atoms with Crippen molar-refractivity contribution in [1.29, 1.82) is 5.26 Å². The molecule has 1 amide bonds. The van der Waals surface area contributed by atoms with Crippen LogP contribution in [0.1, 0.15) is 23.5 Å². The van der Waals surface area contributed by atoms with Gasteiger partial charge < -0.3 is 5.32 Å². The van der Waals surface area contributed by atoms with E-state index in [9.17, 15) is 10.1 Å². The van der Waals surface area contributed by atoms with Crippen molar-refractivity contribution < 1.29 is 4.79 Å². The van der Waals surface area contributed by atoms with Gasteiger partial charge in [0.15, 0.2) is 0 Å². The molecular formula is C19H16N2O. The predicted molar refractivity (Wildman–Crippen MR) is 86.4 cm³/mol. The molecule has 1 N–H and O–H groups in total. The lowest BCUT2D eigenvalue weighted by atomic mass is 9.66. The first-order chi connectivity index (χ1) is 10.7. The van der Waals surface area contributed by atoms with Crippen LogP contribution in [0, 0.1) is 11.3 Å². The highest BCUT2D eigenvalue weighted by Gasteiger charge is 2.51. The van der Waals surface area contributed by atoms with E-state index in [1.807, 2.05) is 54.6 Å². The van der Waals surface area contributed by atoms with Gasteiger partial charge in [0.05, 0.1) is 17.9 Å². The molecule has 2 aromatic rings. The summed E-state index contributed by atoms with van der Waals surface area (Å²) in [5, 5.41) is 12.3. The number of rotatable bonds is 4. The highest BCUT2D eigenvalue weighted by molar-refractivity contribution is 6.07. The Balaban J connectivity index is 2.23. The van der Waals surface area contributed by atoms with Gasteiger partial charge in [-0.05, 0) is 17.2 Å².